The zero-order chi connectivity index (χ0) is 20.8. The summed E-state index contributed by atoms with van der Waals surface area (Å²) >= 11 is 0. The second-order valence-corrected chi connectivity index (χ2v) is 7.04. The molecule has 0 aromatic heterocycles. The van der Waals surface area contributed by atoms with Gasteiger partial charge in [-0.25, -0.2) is 9.59 Å². The lowest BCUT2D eigenvalue weighted by Gasteiger charge is -2.35. The van der Waals surface area contributed by atoms with Gasteiger partial charge in [-0.1, -0.05) is 25.5 Å². The van der Waals surface area contributed by atoms with Crippen LogP contribution in [0, 0.1) is 16.9 Å². The number of nitriles is 1. The number of hydrogen-bond donors (Lipinski definition) is 2. The van der Waals surface area contributed by atoms with Crippen LogP contribution in [0.1, 0.15) is 39.5 Å². The summed E-state index contributed by atoms with van der Waals surface area (Å²) in [4.78, 5) is 21.5. The average molecular weight is 392 g/mol. The first-order chi connectivity index (χ1) is 12.4. The summed E-state index contributed by atoms with van der Waals surface area (Å²) in [7, 11) is 0. The molecule has 0 amide bonds. The van der Waals surface area contributed by atoms with E-state index in [2.05, 4.69) is 26.1 Å². The fourth-order valence-electron chi connectivity index (χ4n) is 3.34. The normalized spacial score (nSPS) is 23.0. The Labute approximate surface area is 155 Å². The van der Waals surface area contributed by atoms with E-state index in [0.717, 1.165) is 25.9 Å². The van der Waals surface area contributed by atoms with Gasteiger partial charge in [0.15, 0.2) is 6.19 Å². The van der Waals surface area contributed by atoms with E-state index in [4.69, 9.17) is 19.7 Å². The Morgan fingerprint density at radius 3 is 2.33 bits per heavy atom. The molecule has 7 nitrogen and oxygen atoms in total. The first kappa shape index (κ1) is 22.8. The lowest BCUT2D eigenvalue weighted by atomic mass is 9.76. The van der Waals surface area contributed by atoms with Crippen LogP contribution in [-0.2, 0) is 14.3 Å². The van der Waals surface area contributed by atoms with Gasteiger partial charge < -0.3 is 14.9 Å². The quantitative estimate of drug-likeness (QED) is 0.559. The molecule has 0 saturated carbocycles. The molecular weight excluding hydrogens is 369 g/mol. The van der Waals surface area contributed by atoms with Gasteiger partial charge in [0, 0.05) is 6.04 Å². The number of alkyl halides is 3. The molecule has 1 saturated heterocycles. The van der Waals surface area contributed by atoms with Crippen molar-refractivity contribution in [2.75, 3.05) is 13.2 Å². The molecule has 0 bridgehead atoms. The number of carboxylic acid groups (broad SMARTS) is 2. The molecule has 152 valence electrons. The van der Waals surface area contributed by atoms with E-state index in [-0.39, 0.29) is 11.5 Å². The second-order valence-electron chi connectivity index (χ2n) is 7.04. The maximum Gasteiger partial charge on any atom is 0.490 e. The fourth-order valence-corrected chi connectivity index (χ4v) is 3.34. The predicted molar refractivity (Wildman–Crippen MR) is 87.5 cm³/mol. The fraction of sp³-hybridized carbons (Fsp3) is 0.706. The Balaban J connectivity index is 0.000000445. The number of aliphatic carboxylic acids is 2. The van der Waals surface area contributed by atoms with Crippen molar-refractivity contribution in [3.8, 4) is 6.19 Å². The zero-order valence-electron chi connectivity index (χ0n) is 15.1. The first-order valence-corrected chi connectivity index (χ1v) is 8.38. The van der Waals surface area contributed by atoms with Crippen LogP contribution in [0.25, 0.3) is 0 Å². The monoisotopic (exact) mass is 392 g/mol. The van der Waals surface area contributed by atoms with Crippen molar-refractivity contribution in [3.63, 3.8) is 0 Å². The van der Waals surface area contributed by atoms with Crippen LogP contribution in [-0.4, -0.2) is 58.5 Å². The van der Waals surface area contributed by atoms with Gasteiger partial charge in [-0.15, -0.1) is 0 Å². The summed E-state index contributed by atoms with van der Waals surface area (Å²) in [6.45, 7) is 5.75. The average Bonchev–Trinajstić information content (AvgIpc) is 2.97. The molecule has 0 radical (unpaired) electrons. The van der Waals surface area contributed by atoms with E-state index in [1.807, 2.05) is 0 Å². The Kier molecular flexibility index (Phi) is 7.65. The Morgan fingerprint density at radius 1 is 1.33 bits per heavy atom. The summed E-state index contributed by atoms with van der Waals surface area (Å²) in [5.41, 5.74) is 1.34. The van der Waals surface area contributed by atoms with Crippen molar-refractivity contribution in [2.45, 2.75) is 57.8 Å². The van der Waals surface area contributed by atoms with Crippen LogP contribution in [0.2, 0.25) is 0 Å². The van der Waals surface area contributed by atoms with E-state index in [1.54, 1.807) is 0 Å². The molecule has 1 fully saturated rings. The summed E-state index contributed by atoms with van der Waals surface area (Å²) < 4.78 is 37.1. The number of nitrogens with zero attached hydrogens (tertiary/aromatic N) is 2. The topological polar surface area (TPSA) is 111 Å². The highest BCUT2D eigenvalue weighted by atomic mass is 19.4. The van der Waals surface area contributed by atoms with Crippen molar-refractivity contribution >= 4 is 11.9 Å². The van der Waals surface area contributed by atoms with Crippen LogP contribution in [0.5, 0.6) is 0 Å². The maximum atomic E-state index is 11.2. The second kappa shape index (κ2) is 9.08. The molecule has 0 aromatic carbocycles. The minimum atomic E-state index is -5.08. The maximum absolute atomic E-state index is 11.2. The largest absolute Gasteiger partial charge is 0.490 e. The summed E-state index contributed by atoms with van der Waals surface area (Å²) in [6, 6.07) is -0.621. The number of hydrogen-bond acceptors (Lipinski definition) is 5. The smallest absolute Gasteiger partial charge is 0.480 e. The third kappa shape index (κ3) is 6.43. The zero-order valence-corrected chi connectivity index (χ0v) is 15.1. The van der Waals surface area contributed by atoms with Gasteiger partial charge in [-0.3, -0.25) is 4.90 Å². The van der Waals surface area contributed by atoms with Crippen molar-refractivity contribution < 1.29 is 37.7 Å². The van der Waals surface area contributed by atoms with Crippen LogP contribution in [0.4, 0.5) is 13.2 Å². The van der Waals surface area contributed by atoms with E-state index >= 15 is 0 Å². The van der Waals surface area contributed by atoms with Crippen molar-refractivity contribution in [3.05, 3.63) is 11.6 Å². The van der Waals surface area contributed by atoms with Gasteiger partial charge in [-0.2, -0.15) is 18.4 Å². The molecular formula is C17H23F3N2O5. The minimum Gasteiger partial charge on any atom is -0.480 e. The van der Waals surface area contributed by atoms with E-state index < -0.39 is 24.2 Å². The Morgan fingerprint density at radius 2 is 1.93 bits per heavy atom. The molecule has 2 aliphatic rings. The van der Waals surface area contributed by atoms with Gasteiger partial charge >= 0.3 is 18.1 Å². The summed E-state index contributed by atoms with van der Waals surface area (Å²) in [5, 5.41) is 25.5. The standard InChI is InChI=1S/C15H22N2O3.C2HF3O2/c1-15(2,11-5-7-20-8-6-11)9-12-3-4-13(14(18)19)17(12)10-16;3-2(4,5)1(6)7/h5,12-13H,3-4,6-9H2,1-2H3,(H,18,19);(H,6,7). The lowest BCUT2D eigenvalue weighted by molar-refractivity contribution is -0.192. The highest BCUT2D eigenvalue weighted by Gasteiger charge is 2.40. The van der Waals surface area contributed by atoms with Gasteiger partial charge in [0.1, 0.15) is 6.04 Å². The number of halogens is 3. The van der Waals surface area contributed by atoms with Gasteiger partial charge in [0.05, 0.1) is 13.2 Å². The third-order valence-corrected chi connectivity index (χ3v) is 4.72. The van der Waals surface area contributed by atoms with Crippen LogP contribution < -0.4 is 0 Å². The molecule has 0 aromatic rings. The van der Waals surface area contributed by atoms with Gasteiger partial charge in [-0.05, 0) is 31.1 Å². The highest BCUT2D eigenvalue weighted by Crippen LogP contribution is 2.39. The molecule has 0 spiro atoms. The number of likely N-dealkylation sites (tertiary alicyclic amines) is 1. The SMILES string of the molecule is CC(C)(CC1CCC(C(=O)O)N1C#N)C1=CCOCC1.O=C(O)C(F)(F)F. The van der Waals surface area contributed by atoms with Gasteiger partial charge in [0.2, 0.25) is 0 Å². The van der Waals surface area contributed by atoms with Crippen LogP contribution >= 0.6 is 0 Å². The molecule has 2 rings (SSSR count). The third-order valence-electron chi connectivity index (χ3n) is 4.72. The van der Waals surface area contributed by atoms with Crippen molar-refractivity contribution in [2.24, 2.45) is 5.41 Å². The van der Waals surface area contributed by atoms with E-state index in [9.17, 15) is 23.2 Å². The Bertz CT molecular complexity index is 625. The van der Waals surface area contributed by atoms with Crippen LogP contribution in [0.3, 0.4) is 0 Å². The van der Waals surface area contributed by atoms with Gasteiger partial charge in [0.25, 0.3) is 0 Å². The molecule has 2 unspecified atom stereocenters. The minimum absolute atomic E-state index is 0.0169. The number of carbonyl (C=O) groups is 2. The molecule has 2 heterocycles. The van der Waals surface area contributed by atoms with Crippen LogP contribution in [0.15, 0.2) is 11.6 Å². The predicted octanol–water partition coefficient (Wildman–Crippen LogP) is 2.78. The molecule has 27 heavy (non-hydrogen) atoms. The van der Waals surface area contributed by atoms with E-state index in [1.165, 1.54) is 10.5 Å². The summed E-state index contributed by atoms with van der Waals surface area (Å²) in [5.74, 6) is -3.65. The summed E-state index contributed by atoms with van der Waals surface area (Å²) in [6.07, 6.45) is 2.20. The number of rotatable bonds is 4. The Hall–Kier alpha value is -2.28. The van der Waals surface area contributed by atoms with Crippen molar-refractivity contribution in [1.29, 1.82) is 5.26 Å². The lowest BCUT2D eigenvalue weighted by Crippen LogP contribution is -2.39. The molecule has 2 aliphatic heterocycles. The number of carboxylic acids is 2. The molecule has 2 atom stereocenters. The van der Waals surface area contributed by atoms with Crippen molar-refractivity contribution in [1.82, 2.24) is 4.90 Å². The molecule has 0 aliphatic carbocycles. The highest BCUT2D eigenvalue weighted by molar-refractivity contribution is 5.74. The molecule has 2 N–H and O–H groups in total. The molecule has 10 heteroatoms. The first-order valence-electron chi connectivity index (χ1n) is 8.38. The van der Waals surface area contributed by atoms with E-state index in [0.29, 0.717) is 13.0 Å². The number of ether oxygens (including phenoxy) is 1.